The second-order valence-electron chi connectivity index (χ2n) is 3.77. The van der Waals surface area contributed by atoms with Gasteiger partial charge in [0.25, 0.3) is 0 Å². The van der Waals surface area contributed by atoms with Crippen LogP contribution in [0, 0.1) is 0 Å². The van der Waals surface area contributed by atoms with Crippen LogP contribution in [0.25, 0.3) is 0 Å². The van der Waals surface area contributed by atoms with Crippen molar-refractivity contribution < 1.29 is 24.2 Å². The van der Waals surface area contributed by atoms with Gasteiger partial charge >= 0.3 is 5.97 Å². The summed E-state index contributed by atoms with van der Waals surface area (Å²) in [6.45, 7) is 2.75. The average molecular weight is 244 g/mol. The molecule has 0 aromatic rings. The predicted octanol–water partition coefficient (Wildman–Crippen LogP) is -1.22. The van der Waals surface area contributed by atoms with E-state index < -0.39 is 12.6 Å². The highest BCUT2D eigenvalue weighted by molar-refractivity contribution is 5.79. The Morgan fingerprint density at radius 2 is 1.59 bits per heavy atom. The molecule has 1 saturated heterocycles. The maximum Gasteiger partial charge on any atom is 0.329 e. The minimum absolute atomic E-state index is 0.000717. The fourth-order valence-corrected chi connectivity index (χ4v) is 1.59. The minimum Gasteiger partial charge on any atom is -0.480 e. The maximum absolute atomic E-state index is 11.6. The number of amides is 2. The van der Waals surface area contributed by atoms with E-state index in [0.29, 0.717) is 26.2 Å². The van der Waals surface area contributed by atoms with Gasteiger partial charge in [-0.1, -0.05) is 0 Å². The zero-order valence-electron chi connectivity index (χ0n) is 9.72. The van der Waals surface area contributed by atoms with Gasteiger partial charge in [-0.3, -0.25) is 9.59 Å². The van der Waals surface area contributed by atoms with Crippen molar-refractivity contribution in [3.05, 3.63) is 0 Å². The zero-order chi connectivity index (χ0) is 12.8. The Labute approximate surface area is 98.9 Å². The summed E-state index contributed by atoms with van der Waals surface area (Å²) >= 11 is 0. The van der Waals surface area contributed by atoms with E-state index in [1.54, 1.807) is 9.80 Å². The molecule has 1 rings (SSSR count). The van der Waals surface area contributed by atoms with E-state index in [2.05, 4.69) is 0 Å². The quantitative estimate of drug-likeness (QED) is 0.669. The first-order valence-electron chi connectivity index (χ1n) is 5.33. The second kappa shape index (κ2) is 6.19. The summed E-state index contributed by atoms with van der Waals surface area (Å²) < 4.78 is 4.71. The molecule has 1 fully saturated rings. The topological polar surface area (TPSA) is 87.2 Å². The first kappa shape index (κ1) is 13.4. The second-order valence-corrected chi connectivity index (χ2v) is 3.77. The molecule has 0 spiro atoms. The standard InChI is InChI=1S/C10H16N2O5/c1-8(13)11-2-4-12(5-3-11)9(14)6-17-7-10(15)16/h2-7H2,1H3,(H,15,16). The van der Waals surface area contributed by atoms with Crippen molar-refractivity contribution in [2.24, 2.45) is 0 Å². The highest BCUT2D eigenvalue weighted by Crippen LogP contribution is 2.02. The Bertz CT molecular complexity index is 310. The molecule has 0 saturated carbocycles. The molecule has 1 heterocycles. The lowest BCUT2D eigenvalue weighted by atomic mass is 10.3. The third-order valence-electron chi connectivity index (χ3n) is 2.53. The van der Waals surface area contributed by atoms with Crippen molar-refractivity contribution in [3.63, 3.8) is 0 Å². The van der Waals surface area contributed by atoms with E-state index in [1.807, 2.05) is 0 Å². The first-order valence-corrected chi connectivity index (χ1v) is 5.33. The highest BCUT2D eigenvalue weighted by atomic mass is 16.5. The summed E-state index contributed by atoms with van der Waals surface area (Å²) in [7, 11) is 0. The molecular formula is C10H16N2O5. The van der Waals surface area contributed by atoms with Gasteiger partial charge in [0.1, 0.15) is 13.2 Å². The summed E-state index contributed by atoms with van der Waals surface area (Å²) in [4.78, 5) is 36.0. The molecule has 96 valence electrons. The van der Waals surface area contributed by atoms with Crippen LogP contribution in [0.2, 0.25) is 0 Å². The smallest absolute Gasteiger partial charge is 0.329 e. The molecule has 0 atom stereocenters. The summed E-state index contributed by atoms with van der Waals surface area (Å²) in [6, 6.07) is 0. The van der Waals surface area contributed by atoms with Crippen LogP contribution in [-0.4, -0.2) is 72.1 Å². The molecule has 7 heteroatoms. The monoisotopic (exact) mass is 244 g/mol. The van der Waals surface area contributed by atoms with Crippen LogP contribution in [-0.2, 0) is 19.1 Å². The number of carboxylic acid groups (broad SMARTS) is 1. The summed E-state index contributed by atoms with van der Waals surface area (Å²) in [5.41, 5.74) is 0. The number of hydrogen-bond acceptors (Lipinski definition) is 4. The van der Waals surface area contributed by atoms with Crippen molar-refractivity contribution in [2.75, 3.05) is 39.4 Å². The highest BCUT2D eigenvalue weighted by Gasteiger charge is 2.22. The molecular weight excluding hydrogens is 228 g/mol. The number of aliphatic carboxylic acids is 1. The lowest BCUT2D eigenvalue weighted by molar-refractivity contribution is -0.147. The Morgan fingerprint density at radius 3 is 2.06 bits per heavy atom. The zero-order valence-corrected chi connectivity index (χ0v) is 9.72. The van der Waals surface area contributed by atoms with Crippen LogP contribution >= 0.6 is 0 Å². The summed E-state index contributed by atoms with van der Waals surface area (Å²) in [5.74, 6) is -1.34. The van der Waals surface area contributed by atoms with E-state index in [9.17, 15) is 14.4 Å². The van der Waals surface area contributed by atoms with Gasteiger partial charge in [0.15, 0.2) is 0 Å². The van der Waals surface area contributed by atoms with Gasteiger partial charge in [-0.15, -0.1) is 0 Å². The molecule has 2 amide bonds. The molecule has 0 aromatic carbocycles. The third-order valence-corrected chi connectivity index (χ3v) is 2.53. The van der Waals surface area contributed by atoms with Crippen molar-refractivity contribution in [2.45, 2.75) is 6.92 Å². The number of rotatable bonds is 4. The fourth-order valence-electron chi connectivity index (χ4n) is 1.59. The van der Waals surface area contributed by atoms with E-state index in [4.69, 9.17) is 9.84 Å². The van der Waals surface area contributed by atoms with E-state index >= 15 is 0 Å². The molecule has 1 aliphatic heterocycles. The van der Waals surface area contributed by atoms with Gasteiger partial charge < -0.3 is 19.6 Å². The van der Waals surface area contributed by atoms with Crippen molar-refractivity contribution in [1.29, 1.82) is 0 Å². The van der Waals surface area contributed by atoms with Gasteiger partial charge in [0.2, 0.25) is 11.8 Å². The Balaban J connectivity index is 2.26. The maximum atomic E-state index is 11.6. The van der Waals surface area contributed by atoms with Crippen molar-refractivity contribution >= 4 is 17.8 Å². The third kappa shape index (κ3) is 4.39. The van der Waals surface area contributed by atoms with Crippen LogP contribution in [0.3, 0.4) is 0 Å². The molecule has 17 heavy (non-hydrogen) atoms. The van der Waals surface area contributed by atoms with Gasteiger partial charge in [-0.2, -0.15) is 0 Å². The van der Waals surface area contributed by atoms with Crippen molar-refractivity contribution in [3.8, 4) is 0 Å². The van der Waals surface area contributed by atoms with Crippen LogP contribution < -0.4 is 0 Å². The Morgan fingerprint density at radius 1 is 1.06 bits per heavy atom. The first-order chi connectivity index (χ1) is 8.00. The largest absolute Gasteiger partial charge is 0.480 e. The minimum atomic E-state index is -1.10. The number of ether oxygens (including phenoxy) is 1. The van der Waals surface area contributed by atoms with Crippen LogP contribution in [0.4, 0.5) is 0 Å². The van der Waals surface area contributed by atoms with Gasteiger partial charge in [-0.25, -0.2) is 4.79 Å². The normalized spacial score (nSPS) is 15.8. The summed E-state index contributed by atoms with van der Waals surface area (Å²) in [5, 5.41) is 8.34. The van der Waals surface area contributed by atoms with E-state index in [1.165, 1.54) is 6.92 Å². The molecule has 1 N–H and O–H groups in total. The van der Waals surface area contributed by atoms with Gasteiger partial charge in [0.05, 0.1) is 0 Å². The molecule has 0 bridgehead atoms. The molecule has 0 radical (unpaired) electrons. The van der Waals surface area contributed by atoms with Crippen molar-refractivity contribution in [1.82, 2.24) is 9.80 Å². The number of carboxylic acids is 1. The lowest BCUT2D eigenvalue weighted by Gasteiger charge is -2.34. The van der Waals surface area contributed by atoms with Crippen LogP contribution in [0.5, 0.6) is 0 Å². The van der Waals surface area contributed by atoms with Crippen LogP contribution in [0.15, 0.2) is 0 Å². The molecule has 0 unspecified atom stereocenters. The Kier molecular flexibility index (Phi) is 4.89. The van der Waals surface area contributed by atoms with Crippen LogP contribution in [0.1, 0.15) is 6.92 Å². The number of hydrogen-bond donors (Lipinski definition) is 1. The molecule has 0 aliphatic carbocycles. The number of nitrogens with zero attached hydrogens (tertiary/aromatic N) is 2. The average Bonchev–Trinajstić information content (AvgIpc) is 2.28. The molecule has 1 aliphatic rings. The Hall–Kier alpha value is -1.63. The molecule has 0 aromatic heterocycles. The number of piperazine rings is 1. The fraction of sp³-hybridized carbons (Fsp3) is 0.700. The van der Waals surface area contributed by atoms with E-state index in [-0.39, 0.29) is 18.4 Å². The van der Waals surface area contributed by atoms with Gasteiger partial charge in [-0.05, 0) is 0 Å². The number of carbonyl (C=O) groups excluding carboxylic acids is 2. The number of carbonyl (C=O) groups is 3. The van der Waals surface area contributed by atoms with E-state index in [0.717, 1.165) is 0 Å². The molecule has 7 nitrogen and oxygen atoms in total. The lowest BCUT2D eigenvalue weighted by Crippen LogP contribution is -2.51. The summed E-state index contributed by atoms with van der Waals surface area (Å²) in [6.07, 6.45) is 0. The SMILES string of the molecule is CC(=O)N1CCN(C(=O)COCC(=O)O)CC1. The van der Waals surface area contributed by atoms with Gasteiger partial charge in [0, 0.05) is 33.1 Å². The predicted molar refractivity (Wildman–Crippen MR) is 57.3 cm³/mol.